The van der Waals surface area contributed by atoms with Gasteiger partial charge in [-0.2, -0.15) is 11.8 Å². The molecule has 4 heteroatoms. The summed E-state index contributed by atoms with van der Waals surface area (Å²) in [5.41, 5.74) is 1.07. The molecule has 0 aliphatic carbocycles. The molecule has 3 nitrogen and oxygen atoms in total. The Kier molecular flexibility index (Phi) is 8.69. The molecule has 0 aromatic carbocycles. The molecule has 0 spiro atoms. The van der Waals surface area contributed by atoms with Crippen LogP contribution in [0.3, 0.4) is 0 Å². The van der Waals surface area contributed by atoms with Crippen LogP contribution in [0.2, 0.25) is 0 Å². The standard InChI is InChI=1S/C14H24N2OS/c1-3-8-15-11-13-6-7-14(12-16-13)17-9-5-10-18-4-2/h6-7,12,15H,3-5,8-11H2,1-2H3. The molecule has 1 heterocycles. The van der Waals surface area contributed by atoms with E-state index in [4.69, 9.17) is 4.74 Å². The number of ether oxygens (including phenoxy) is 1. The van der Waals surface area contributed by atoms with E-state index in [0.29, 0.717) is 0 Å². The zero-order chi connectivity index (χ0) is 13.1. The van der Waals surface area contributed by atoms with E-state index in [1.54, 1.807) is 0 Å². The fourth-order valence-electron chi connectivity index (χ4n) is 1.49. The fraction of sp³-hybridized carbons (Fsp3) is 0.643. The summed E-state index contributed by atoms with van der Waals surface area (Å²) in [6.45, 7) is 6.99. The summed E-state index contributed by atoms with van der Waals surface area (Å²) >= 11 is 1.95. The highest BCUT2D eigenvalue weighted by molar-refractivity contribution is 7.99. The minimum absolute atomic E-state index is 0.780. The van der Waals surface area contributed by atoms with Gasteiger partial charge in [0.05, 0.1) is 18.5 Å². The molecule has 0 saturated heterocycles. The van der Waals surface area contributed by atoms with Crippen molar-refractivity contribution < 1.29 is 4.74 Å². The summed E-state index contributed by atoms with van der Waals surface area (Å²) in [7, 11) is 0. The number of hydrogen-bond acceptors (Lipinski definition) is 4. The molecule has 0 unspecified atom stereocenters. The van der Waals surface area contributed by atoms with E-state index in [1.165, 1.54) is 11.5 Å². The van der Waals surface area contributed by atoms with E-state index in [2.05, 4.69) is 24.1 Å². The van der Waals surface area contributed by atoms with Gasteiger partial charge in [0, 0.05) is 6.54 Å². The molecule has 1 rings (SSSR count). The molecule has 102 valence electrons. The molecule has 0 fully saturated rings. The van der Waals surface area contributed by atoms with Gasteiger partial charge in [-0.25, -0.2) is 0 Å². The predicted molar refractivity (Wildman–Crippen MR) is 79.3 cm³/mol. The Hall–Kier alpha value is -0.740. The molecule has 0 aliphatic heterocycles. The Balaban J connectivity index is 2.19. The van der Waals surface area contributed by atoms with Crippen molar-refractivity contribution in [3.63, 3.8) is 0 Å². The van der Waals surface area contributed by atoms with Gasteiger partial charge in [-0.1, -0.05) is 13.8 Å². The van der Waals surface area contributed by atoms with Crippen LogP contribution in [0.25, 0.3) is 0 Å². The predicted octanol–water partition coefficient (Wildman–Crippen LogP) is 3.10. The third kappa shape index (κ3) is 6.87. The molecule has 0 amide bonds. The van der Waals surface area contributed by atoms with Gasteiger partial charge in [-0.05, 0) is 43.0 Å². The van der Waals surface area contributed by atoms with Crippen molar-refractivity contribution in [1.82, 2.24) is 10.3 Å². The maximum atomic E-state index is 5.64. The lowest BCUT2D eigenvalue weighted by atomic mass is 10.3. The minimum atomic E-state index is 0.780. The molecule has 0 bridgehead atoms. The van der Waals surface area contributed by atoms with E-state index >= 15 is 0 Å². The van der Waals surface area contributed by atoms with Gasteiger partial charge in [-0.15, -0.1) is 0 Å². The molecule has 1 aromatic heterocycles. The SMILES string of the molecule is CCCNCc1ccc(OCCCSCC)cn1. The van der Waals surface area contributed by atoms with Crippen molar-refractivity contribution in [3.8, 4) is 5.75 Å². The Labute approximate surface area is 115 Å². The first-order valence-electron chi connectivity index (χ1n) is 6.73. The lowest BCUT2D eigenvalue weighted by Gasteiger charge is -2.07. The number of thioether (sulfide) groups is 1. The van der Waals surface area contributed by atoms with Gasteiger partial charge in [0.2, 0.25) is 0 Å². The average molecular weight is 268 g/mol. The zero-order valence-electron chi connectivity index (χ0n) is 11.4. The molecule has 0 aliphatic rings. The fourth-order valence-corrected chi connectivity index (χ4v) is 2.10. The lowest BCUT2D eigenvalue weighted by molar-refractivity contribution is 0.317. The summed E-state index contributed by atoms with van der Waals surface area (Å²) in [4.78, 5) is 4.37. The van der Waals surface area contributed by atoms with Gasteiger partial charge < -0.3 is 10.1 Å². The number of rotatable bonds is 10. The topological polar surface area (TPSA) is 34.1 Å². The largest absolute Gasteiger partial charge is 0.492 e. The molecular formula is C14H24N2OS. The van der Waals surface area contributed by atoms with E-state index in [9.17, 15) is 0 Å². The number of aromatic nitrogens is 1. The Morgan fingerprint density at radius 1 is 1.33 bits per heavy atom. The summed E-state index contributed by atoms with van der Waals surface area (Å²) in [5, 5.41) is 3.33. The maximum Gasteiger partial charge on any atom is 0.137 e. The lowest BCUT2D eigenvalue weighted by Crippen LogP contribution is -2.14. The van der Waals surface area contributed by atoms with Crippen LogP contribution >= 0.6 is 11.8 Å². The van der Waals surface area contributed by atoms with Gasteiger partial charge in [0.15, 0.2) is 0 Å². The minimum Gasteiger partial charge on any atom is -0.492 e. The molecule has 0 radical (unpaired) electrons. The molecule has 1 N–H and O–H groups in total. The van der Waals surface area contributed by atoms with E-state index in [1.807, 2.05) is 30.1 Å². The summed E-state index contributed by atoms with van der Waals surface area (Å²) < 4.78 is 5.64. The quantitative estimate of drug-likeness (QED) is 0.661. The third-order valence-corrected chi connectivity index (χ3v) is 3.42. The first kappa shape index (κ1) is 15.3. The first-order valence-corrected chi connectivity index (χ1v) is 7.88. The van der Waals surface area contributed by atoms with Crippen molar-refractivity contribution >= 4 is 11.8 Å². The van der Waals surface area contributed by atoms with Crippen molar-refractivity contribution in [3.05, 3.63) is 24.0 Å². The zero-order valence-corrected chi connectivity index (χ0v) is 12.3. The number of pyridine rings is 1. The highest BCUT2D eigenvalue weighted by atomic mass is 32.2. The second-order valence-electron chi connectivity index (χ2n) is 4.06. The average Bonchev–Trinajstić information content (AvgIpc) is 2.40. The molecule has 18 heavy (non-hydrogen) atoms. The summed E-state index contributed by atoms with van der Waals surface area (Å²) in [6.07, 6.45) is 4.06. The van der Waals surface area contributed by atoms with E-state index in [-0.39, 0.29) is 0 Å². The second kappa shape index (κ2) is 10.2. The van der Waals surface area contributed by atoms with Crippen LogP contribution < -0.4 is 10.1 Å². The first-order chi connectivity index (χ1) is 8.86. The normalized spacial score (nSPS) is 10.6. The highest BCUT2D eigenvalue weighted by Gasteiger charge is 1.97. The maximum absolute atomic E-state index is 5.64. The van der Waals surface area contributed by atoms with Crippen molar-refractivity contribution in [2.75, 3.05) is 24.7 Å². The Bertz CT molecular complexity index is 303. The van der Waals surface area contributed by atoms with Crippen LogP contribution in [0.5, 0.6) is 5.75 Å². The number of nitrogens with one attached hydrogen (secondary N) is 1. The number of hydrogen-bond donors (Lipinski definition) is 1. The molecule has 0 saturated carbocycles. The van der Waals surface area contributed by atoms with Crippen LogP contribution in [0.4, 0.5) is 0 Å². The second-order valence-corrected chi connectivity index (χ2v) is 5.45. The molecule has 0 atom stereocenters. The Morgan fingerprint density at radius 2 is 2.22 bits per heavy atom. The number of nitrogens with zero attached hydrogens (tertiary/aromatic N) is 1. The van der Waals surface area contributed by atoms with Crippen LogP contribution in [0.15, 0.2) is 18.3 Å². The third-order valence-electron chi connectivity index (χ3n) is 2.44. The highest BCUT2D eigenvalue weighted by Crippen LogP contribution is 2.10. The van der Waals surface area contributed by atoms with Crippen molar-refractivity contribution in [1.29, 1.82) is 0 Å². The molecular weight excluding hydrogens is 244 g/mol. The van der Waals surface area contributed by atoms with E-state index in [0.717, 1.165) is 44.0 Å². The van der Waals surface area contributed by atoms with Crippen LogP contribution in [-0.2, 0) is 6.54 Å². The monoisotopic (exact) mass is 268 g/mol. The summed E-state index contributed by atoms with van der Waals surface area (Å²) in [6, 6.07) is 4.03. The Morgan fingerprint density at radius 3 is 2.89 bits per heavy atom. The van der Waals surface area contributed by atoms with Gasteiger partial charge in [0.1, 0.15) is 5.75 Å². The van der Waals surface area contributed by atoms with Gasteiger partial charge in [0.25, 0.3) is 0 Å². The van der Waals surface area contributed by atoms with Gasteiger partial charge >= 0.3 is 0 Å². The van der Waals surface area contributed by atoms with Gasteiger partial charge in [-0.3, -0.25) is 4.98 Å². The smallest absolute Gasteiger partial charge is 0.137 e. The van der Waals surface area contributed by atoms with Crippen LogP contribution in [0, 0.1) is 0 Å². The molecule has 1 aromatic rings. The van der Waals surface area contributed by atoms with Crippen molar-refractivity contribution in [2.24, 2.45) is 0 Å². The van der Waals surface area contributed by atoms with Crippen LogP contribution in [0.1, 0.15) is 32.4 Å². The van der Waals surface area contributed by atoms with Crippen molar-refractivity contribution in [2.45, 2.75) is 33.2 Å². The van der Waals surface area contributed by atoms with E-state index < -0.39 is 0 Å². The summed E-state index contributed by atoms with van der Waals surface area (Å²) in [5.74, 6) is 3.22. The van der Waals surface area contributed by atoms with Crippen LogP contribution in [-0.4, -0.2) is 29.6 Å².